The zero-order chi connectivity index (χ0) is 27.3. The molecular weight excluding hydrogens is 618 g/mol. The standard InChI is InChI=1S/C32H31Br2N3O2/c1-4-39-32(38)29-13-20(26-16-35-30-18(2)10-21(33)14-24(26)30)12-28(37(29)23-8-6-5-7-9-23)27-17-36-31-19(3)11-22(34)15-25(27)31/h5-11,14-17,20,28-29,35-36H,4,12-13H2,1-3H3/t20-,28-,29-/m0/s1. The van der Waals surface area contributed by atoms with E-state index in [1.165, 1.54) is 33.0 Å². The number of anilines is 1. The minimum atomic E-state index is -0.424. The van der Waals surface area contributed by atoms with Gasteiger partial charge in [0.05, 0.1) is 12.6 Å². The lowest BCUT2D eigenvalue weighted by molar-refractivity contribution is -0.145. The van der Waals surface area contributed by atoms with Gasteiger partial charge in [0, 0.05) is 48.8 Å². The van der Waals surface area contributed by atoms with E-state index in [-0.39, 0.29) is 17.9 Å². The summed E-state index contributed by atoms with van der Waals surface area (Å²) in [4.78, 5) is 23.0. The molecule has 3 atom stereocenters. The van der Waals surface area contributed by atoms with Gasteiger partial charge in [0.2, 0.25) is 0 Å². The molecule has 0 amide bonds. The number of hydrogen-bond acceptors (Lipinski definition) is 3. The maximum atomic E-state index is 13.7. The van der Waals surface area contributed by atoms with Crippen molar-refractivity contribution in [3.63, 3.8) is 0 Å². The van der Waals surface area contributed by atoms with E-state index >= 15 is 0 Å². The smallest absolute Gasteiger partial charge is 0.328 e. The van der Waals surface area contributed by atoms with Crippen molar-refractivity contribution in [3.05, 3.63) is 98.2 Å². The normalized spacial score (nSPS) is 19.6. The second-order valence-electron chi connectivity index (χ2n) is 10.5. The molecule has 0 aliphatic carbocycles. The summed E-state index contributed by atoms with van der Waals surface area (Å²) in [6, 6.07) is 18.5. The highest BCUT2D eigenvalue weighted by Crippen LogP contribution is 2.48. The second-order valence-corrected chi connectivity index (χ2v) is 12.3. The number of carbonyl (C=O) groups excluding carboxylic acids is 1. The lowest BCUT2D eigenvalue weighted by Crippen LogP contribution is -2.49. The number of halogens is 2. The van der Waals surface area contributed by atoms with Crippen molar-refractivity contribution in [2.24, 2.45) is 0 Å². The Labute approximate surface area is 245 Å². The van der Waals surface area contributed by atoms with Gasteiger partial charge in [-0.3, -0.25) is 0 Å². The van der Waals surface area contributed by atoms with Crippen molar-refractivity contribution < 1.29 is 9.53 Å². The molecule has 1 aliphatic rings. The Hall–Kier alpha value is -3.03. The number of piperidine rings is 1. The van der Waals surface area contributed by atoms with Gasteiger partial charge in [-0.25, -0.2) is 4.79 Å². The molecule has 0 saturated carbocycles. The fraction of sp³-hybridized carbons (Fsp3) is 0.281. The predicted octanol–water partition coefficient (Wildman–Crippen LogP) is 8.85. The SMILES string of the molecule is CCOC(=O)[C@@H]1C[C@@H](c2c[nH]c3c(C)cc(Br)cc23)C[C@@H](c2c[nH]c3c(C)cc(Br)cc23)N1c1ccccc1. The summed E-state index contributed by atoms with van der Waals surface area (Å²) >= 11 is 7.42. The fourth-order valence-corrected chi connectivity index (χ4v) is 7.56. The summed E-state index contributed by atoms with van der Waals surface area (Å²) in [6.45, 7) is 6.48. The van der Waals surface area contributed by atoms with Crippen molar-refractivity contribution in [1.82, 2.24) is 9.97 Å². The molecule has 2 aromatic heterocycles. The van der Waals surface area contributed by atoms with Gasteiger partial charge in [0.25, 0.3) is 0 Å². The first kappa shape index (κ1) is 26.2. The second kappa shape index (κ2) is 10.5. The van der Waals surface area contributed by atoms with Crippen molar-refractivity contribution in [2.45, 2.75) is 51.6 Å². The van der Waals surface area contributed by atoms with E-state index in [0.29, 0.717) is 13.0 Å². The number of aromatic nitrogens is 2. The number of para-hydroxylation sites is 1. The van der Waals surface area contributed by atoms with Gasteiger partial charge in [0.15, 0.2) is 0 Å². The number of benzene rings is 3. The summed E-state index contributed by atoms with van der Waals surface area (Å²) in [5, 5.41) is 2.38. The quantitative estimate of drug-likeness (QED) is 0.187. The Kier molecular flexibility index (Phi) is 7.06. The van der Waals surface area contributed by atoms with Crippen molar-refractivity contribution in [1.29, 1.82) is 0 Å². The van der Waals surface area contributed by atoms with Gasteiger partial charge in [-0.05, 0) is 98.2 Å². The number of rotatable bonds is 5. The van der Waals surface area contributed by atoms with Gasteiger partial charge in [0.1, 0.15) is 6.04 Å². The summed E-state index contributed by atoms with van der Waals surface area (Å²) in [6.07, 6.45) is 5.81. The van der Waals surface area contributed by atoms with Crippen LogP contribution in [0.5, 0.6) is 0 Å². The predicted molar refractivity (Wildman–Crippen MR) is 166 cm³/mol. The molecule has 7 heteroatoms. The number of nitrogens with zero attached hydrogens (tertiary/aromatic N) is 1. The molecule has 0 unspecified atom stereocenters. The van der Waals surface area contributed by atoms with Crippen LogP contribution in [-0.2, 0) is 9.53 Å². The lowest BCUT2D eigenvalue weighted by atomic mass is 9.78. The summed E-state index contributed by atoms with van der Waals surface area (Å²) in [5.74, 6) is -0.0181. The molecule has 0 radical (unpaired) electrons. The molecule has 0 spiro atoms. The maximum Gasteiger partial charge on any atom is 0.328 e. The zero-order valence-electron chi connectivity index (χ0n) is 22.2. The Morgan fingerprint density at radius 3 is 2.10 bits per heavy atom. The van der Waals surface area contributed by atoms with Crippen LogP contribution in [0.4, 0.5) is 5.69 Å². The van der Waals surface area contributed by atoms with Gasteiger partial charge in [-0.1, -0.05) is 50.1 Å². The van der Waals surface area contributed by atoms with Crippen LogP contribution in [0, 0.1) is 13.8 Å². The average molecular weight is 649 g/mol. The van der Waals surface area contributed by atoms with Gasteiger partial charge in [-0.15, -0.1) is 0 Å². The first-order chi connectivity index (χ1) is 18.9. The zero-order valence-corrected chi connectivity index (χ0v) is 25.4. The highest BCUT2D eigenvalue weighted by molar-refractivity contribution is 9.10. The van der Waals surface area contributed by atoms with Crippen molar-refractivity contribution in [3.8, 4) is 0 Å². The molecule has 5 nitrogen and oxygen atoms in total. The molecule has 1 aliphatic heterocycles. The fourth-order valence-electron chi connectivity index (χ4n) is 6.41. The molecule has 200 valence electrons. The summed E-state index contributed by atoms with van der Waals surface area (Å²) in [5.41, 5.74) is 8.12. The van der Waals surface area contributed by atoms with Crippen LogP contribution >= 0.6 is 31.9 Å². The highest BCUT2D eigenvalue weighted by Gasteiger charge is 2.43. The van der Waals surface area contributed by atoms with Crippen LogP contribution in [0.3, 0.4) is 0 Å². The van der Waals surface area contributed by atoms with Gasteiger partial charge in [-0.2, -0.15) is 0 Å². The molecular formula is C32H31Br2N3O2. The van der Waals surface area contributed by atoms with Crippen LogP contribution < -0.4 is 4.90 Å². The number of aryl methyl sites for hydroxylation is 2. The molecule has 2 N–H and O–H groups in total. The Morgan fingerprint density at radius 1 is 0.897 bits per heavy atom. The molecule has 1 saturated heterocycles. The van der Waals surface area contributed by atoms with E-state index in [0.717, 1.165) is 32.1 Å². The largest absolute Gasteiger partial charge is 0.464 e. The highest BCUT2D eigenvalue weighted by atomic mass is 79.9. The van der Waals surface area contributed by atoms with Crippen molar-refractivity contribution >= 4 is 65.3 Å². The van der Waals surface area contributed by atoms with E-state index in [1.807, 2.05) is 25.1 Å². The number of esters is 1. The molecule has 39 heavy (non-hydrogen) atoms. The third kappa shape index (κ3) is 4.70. The van der Waals surface area contributed by atoms with E-state index in [4.69, 9.17) is 4.74 Å². The van der Waals surface area contributed by atoms with Crippen molar-refractivity contribution in [2.75, 3.05) is 11.5 Å². The minimum absolute atomic E-state index is 0.0406. The molecule has 0 bridgehead atoms. The molecule has 5 aromatic rings. The minimum Gasteiger partial charge on any atom is -0.464 e. The number of H-pyrrole nitrogens is 2. The molecule has 1 fully saturated rings. The summed E-state index contributed by atoms with van der Waals surface area (Å²) in [7, 11) is 0. The number of fused-ring (bicyclic) bond motifs is 2. The Bertz CT molecular complexity index is 1670. The third-order valence-electron chi connectivity index (χ3n) is 8.07. The van der Waals surface area contributed by atoms with Gasteiger partial charge >= 0.3 is 5.97 Å². The Balaban J connectivity index is 1.55. The average Bonchev–Trinajstić information content (AvgIpc) is 3.53. The van der Waals surface area contributed by atoms with E-state index < -0.39 is 6.04 Å². The van der Waals surface area contributed by atoms with Crippen LogP contribution in [0.2, 0.25) is 0 Å². The monoisotopic (exact) mass is 647 g/mol. The topological polar surface area (TPSA) is 61.1 Å². The number of ether oxygens (including phenoxy) is 1. The van der Waals surface area contributed by atoms with E-state index in [2.05, 4.69) is 109 Å². The van der Waals surface area contributed by atoms with Crippen LogP contribution in [-0.4, -0.2) is 28.6 Å². The maximum absolute atomic E-state index is 13.7. The number of aromatic amines is 2. The Morgan fingerprint density at radius 2 is 1.49 bits per heavy atom. The van der Waals surface area contributed by atoms with Crippen LogP contribution in [0.1, 0.15) is 54.0 Å². The number of hydrogen-bond donors (Lipinski definition) is 2. The molecule has 3 aromatic carbocycles. The molecule has 3 heterocycles. The first-order valence-electron chi connectivity index (χ1n) is 13.4. The van der Waals surface area contributed by atoms with Crippen LogP contribution in [0.25, 0.3) is 21.8 Å². The summed E-state index contributed by atoms with van der Waals surface area (Å²) < 4.78 is 7.81. The number of nitrogens with one attached hydrogen (secondary N) is 2. The lowest BCUT2D eigenvalue weighted by Gasteiger charge is -2.45. The van der Waals surface area contributed by atoms with Crippen LogP contribution in [0.15, 0.2) is 75.9 Å². The third-order valence-corrected chi connectivity index (χ3v) is 8.98. The van der Waals surface area contributed by atoms with E-state index in [1.54, 1.807) is 0 Å². The first-order valence-corrected chi connectivity index (χ1v) is 15.0. The molecule has 6 rings (SSSR count). The van der Waals surface area contributed by atoms with Gasteiger partial charge < -0.3 is 19.6 Å². The van der Waals surface area contributed by atoms with E-state index in [9.17, 15) is 4.79 Å². The number of carbonyl (C=O) groups is 1.